The Morgan fingerprint density at radius 1 is 1.23 bits per heavy atom. The van der Waals surface area contributed by atoms with E-state index < -0.39 is 0 Å². The molecule has 8 nitrogen and oxygen atoms in total. The fraction of sp³-hybridized carbons (Fsp3) is 0.611. The highest BCUT2D eigenvalue weighted by atomic mass is 16.5. The Balaban J connectivity index is 1.42. The molecule has 0 aliphatic heterocycles. The van der Waals surface area contributed by atoms with Crippen molar-refractivity contribution in [3.05, 3.63) is 39.2 Å². The van der Waals surface area contributed by atoms with Crippen LogP contribution >= 0.6 is 0 Å². The molecule has 2 aromatic heterocycles. The van der Waals surface area contributed by atoms with Crippen LogP contribution in [0.4, 0.5) is 0 Å². The molecule has 0 spiro atoms. The first-order valence-electron chi connectivity index (χ1n) is 9.18. The topological polar surface area (TPSA) is 114 Å². The molecule has 2 heterocycles. The minimum absolute atomic E-state index is 0.0467. The van der Waals surface area contributed by atoms with E-state index in [1.54, 1.807) is 6.92 Å². The lowest BCUT2D eigenvalue weighted by molar-refractivity contribution is -0.121. The quantitative estimate of drug-likeness (QED) is 0.778. The number of aromatic amines is 1. The van der Waals surface area contributed by atoms with Crippen molar-refractivity contribution in [2.75, 3.05) is 6.54 Å². The lowest BCUT2D eigenvalue weighted by atomic mass is 10.1. The van der Waals surface area contributed by atoms with Gasteiger partial charge in [-0.05, 0) is 38.7 Å². The highest BCUT2D eigenvalue weighted by Crippen LogP contribution is 2.32. The Morgan fingerprint density at radius 3 is 2.73 bits per heavy atom. The van der Waals surface area contributed by atoms with Gasteiger partial charge >= 0.3 is 5.69 Å². The van der Waals surface area contributed by atoms with E-state index in [0.29, 0.717) is 43.2 Å². The number of carbonyl (C=O) groups is 1. The zero-order valence-corrected chi connectivity index (χ0v) is 15.3. The van der Waals surface area contributed by atoms with Crippen LogP contribution in [0.5, 0.6) is 0 Å². The van der Waals surface area contributed by atoms with Crippen molar-refractivity contribution in [3.63, 3.8) is 0 Å². The summed E-state index contributed by atoms with van der Waals surface area (Å²) in [5, 5.41) is 6.88. The number of aromatic nitrogens is 4. The Bertz CT molecular complexity index is 794. The van der Waals surface area contributed by atoms with E-state index in [2.05, 4.69) is 25.4 Å². The normalized spacial score (nSPS) is 14.7. The highest BCUT2D eigenvalue weighted by Gasteiger charge is 2.22. The van der Waals surface area contributed by atoms with E-state index in [0.717, 1.165) is 30.0 Å². The molecule has 1 fully saturated rings. The Labute approximate surface area is 151 Å². The van der Waals surface area contributed by atoms with Gasteiger partial charge in [-0.25, -0.2) is 4.79 Å². The molecule has 26 heavy (non-hydrogen) atoms. The van der Waals surface area contributed by atoms with E-state index in [1.807, 2.05) is 6.92 Å². The molecule has 1 aliphatic carbocycles. The summed E-state index contributed by atoms with van der Waals surface area (Å²) in [6.07, 6.45) is 6.13. The summed E-state index contributed by atoms with van der Waals surface area (Å²) < 4.78 is 5.34. The average molecular weight is 359 g/mol. The van der Waals surface area contributed by atoms with Crippen molar-refractivity contribution in [3.8, 4) is 0 Å². The summed E-state index contributed by atoms with van der Waals surface area (Å²) in [5.74, 6) is 1.74. The van der Waals surface area contributed by atoms with Crippen LogP contribution in [-0.4, -0.2) is 32.6 Å². The molecule has 1 amide bonds. The SMILES string of the molecule is Cc1nc(=O)[nH]c(C)c1CCC(=O)NCCc1noc(C2CCCC2)n1. The number of aryl methyl sites for hydroxylation is 2. The van der Waals surface area contributed by atoms with Gasteiger partial charge in [0, 0.05) is 36.7 Å². The van der Waals surface area contributed by atoms with Gasteiger partial charge in [-0.15, -0.1) is 0 Å². The zero-order chi connectivity index (χ0) is 18.5. The maximum Gasteiger partial charge on any atom is 0.345 e. The van der Waals surface area contributed by atoms with Gasteiger partial charge in [0.2, 0.25) is 11.8 Å². The summed E-state index contributed by atoms with van der Waals surface area (Å²) >= 11 is 0. The minimum atomic E-state index is -0.356. The van der Waals surface area contributed by atoms with E-state index in [4.69, 9.17) is 4.52 Å². The van der Waals surface area contributed by atoms with Crippen molar-refractivity contribution in [2.45, 2.75) is 64.7 Å². The summed E-state index contributed by atoms with van der Waals surface area (Å²) in [6, 6.07) is 0. The lowest BCUT2D eigenvalue weighted by Crippen LogP contribution is -2.26. The maximum atomic E-state index is 12.0. The lowest BCUT2D eigenvalue weighted by Gasteiger charge is -2.08. The van der Waals surface area contributed by atoms with E-state index in [1.165, 1.54) is 12.8 Å². The monoisotopic (exact) mass is 359 g/mol. The molecular formula is C18H25N5O3. The Hall–Kier alpha value is -2.51. The third kappa shape index (κ3) is 4.56. The summed E-state index contributed by atoms with van der Waals surface area (Å²) in [5.41, 5.74) is 2.00. The van der Waals surface area contributed by atoms with Gasteiger partial charge in [0.15, 0.2) is 5.82 Å². The number of H-pyrrole nitrogens is 1. The third-order valence-electron chi connectivity index (χ3n) is 4.91. The first kappa shape index (κ1) is 18.3. The van der Waals surface area contributed by atoms with E-state index in [-0.39, 0.29) is 11.6 Å². The van der Waals surface area contributed by atoms with Gasteiger partial charge < -0.3 is 14.8 Å². The molecule has 140 valence electrons. The Morgan fingerprint density at radius 2 is 2.00 bits per heavy atom. The molecule has 1 aliphatic rings. The minimum Gasteiger partial charge on any atom is -0.356 e. The first-order chi connectivity index (χ1) is 12.5. The molecule has 0 radical (unpaired) electrons. The number of amides is 1. The van der Waals surface area contributed by atoms with Crippen LogP contribution in [0, 0.1) is 13.8 Å². The van der Waals surface area contributed by atoms with Crippen molar-refractivity contribution in [1.29, 1.82) is 0 Å². The van der Waals surface area contributed by atoms with Gasteiger partial charge in [0.25, 0.3) is 0 Å². The smallest absolute Gasteiger partial charge is 0.345 e. The Kier molecular flexibility index (Phi) is 5.80. The molecule has 2 N–H and O–H groups in total. The molecule has 3 rings (SSSR count). The van der Waals surface area contributed by atoms with Gasteiger partial charge in [-0.3, -0.25) is 4.79 Å². The van der Waals surface area contributed by atoms with Gasteiger partial charge in [-0.1, -0.05) is 18.0 Å². The first-order valence-corrected chi connectivity index (χ1v) is 9.18. The number of nitrogens with zero attached hydrogens (tertiary/aromatic N) is 3. The van der Waals surface area contributed by atoms with Gasteiger partial charge in [-0.2, -0.15) is 9.97 Å². The fourth-order valence-electron chi connectivity index (χ4n) is 3.47. The van der Waals surface area contributed by atoms with Crippen LogP contribution in [0.25, 0.3) is 0 Å². The number of carbonyl (C=O) groups excluding carboxylic acids is 1. The number of nitrogens with one attached hydrogen (secondary N) is 2. The highest BCUT2D eigenvalue weighted by molar-refractivity contribution is 5.76. The average Bonchev–Trinajstić information content (AvgIpc) is 3.25. The fourth-order valence-corrected chi connectivity index (χ4v) is 3.47. The standard InChI is InChI=1S/C18H25N5O3/c1-11-14(12(2)21-18(25)20-11)7-8-16(24)19-10-9-15-22-17(26-23-15)13-5-3-4-6-13/h13H,3-10H2,1-2H3,(H,19,24)(H,20,21,25). The molecule has 0 unspecified atom stereocenters. The second-order valence-electron chi connectivity index (χ2n) is 6.86. The maximum absolute atomic E-state index is 12.0. The zero-order valence-electron chi connectivity index (χ0n) is 15.3. The number of hydrogen-bond acceptors (Lipinski definition) is 6. The van der Waals surface area contributed by atoms with Crippen LogP contribution in [0.1, 0.15) is 66.7 Å². The summed E-state index contributed by atoms with van der Waals surface area (Å²) in [7, 11) is 0. The summed E-state index contributed by atoms with van der Waals surface area (Å²) in [4.78, 5) is 34.3. The van der Waals surface area contributed by atoms with Crippen LogP contribution in [-0.2, 0) is 17.6 Å². The molecule has 0 atom stereocenters. The third-order valence-corrected chi connectivity index (χ3v) is 4.91. The summed E-state index contributed by atoms with van der Waals surface area (Å²) in [6.45, 7) is 4.08. The second kappa shape index (κ2) is 8.25. The van der Waals surface area contributed by atoms with E-state index >= 15 is 0 Å². The molecule has 8 heteroatoms. The predicted octanol–water partition coefficient (Wildman–Crippen LogP) is 1.72. The second-order valence-corrected chi connectivity index (χ2v) is 6.86. The van der Waals surface area contributed by atoms with Gasteiger partial charge in [0.05, 0.1) is 0 Å². The molecule has 0 aromatic carbocycles. The van der Waals surface area contributed by atoms with Crippen LogP contribution in [0.3, 0.4) is 0 Å². The van der Waals surface area contributed by atoms with Crippen molar-refractivity contribution >= 4 is 5.91 Å². The van der Waals surface area contributed by atoms with Crippen LogP contribution < -0.4 is 11.0 Å². The van der Waals surface area contributed by atoms with Crippen molar-refractivity contribution < 1.29 is 9.32 Å². The largest absolute Gasteiger partial charge is 0.356 e. The predicted molar refractivity (Wildman–Crippen MR) is 94.9 cm³/mol. The molecular weight excluding hydrogens is 334 g/mol. The van der Waals surface area contributed by atoms with Crippen molar-refractivity contribution in [2.24, 2.45) is 0 Å². The number of hydrogen-bond donors (Lipinski definition) is 2. The van der Waals surface area contributed by atoms with E-state index in [9.17, 15) is 9.59 Å². The van der Waals surface area contributed by atoms with Crippen LogP contribution in [0.2, 0.25) is 0 Å². The number of rotatable bonds is 7. The van der Waals surface area contributed by atoms with Gasteiger partial charge in [0.1, 0.15) is 0 Å². The molecule has 1 saturated carbocycles. The van der Waals surface area contributed by atoms with Crippen molar-refractivity contribution in [1.82, 2.24) is 25.4 Å². The molecule has 0 bridgehead atoms. The molecule has 0 saturated heterocycles. The van der Waals surface area contributed by atoms with Crippen LogP contribution in [0.15, 0.2) is 9.32 Å². The molecule has 2 aromatic rings.